The van der Waals surface area contributed by atoms with E-state index in [1.807, 2.05) is 17.9 Å². The van der Waals surface area contributed by atoms with Crippen LogP contribution >= 0.6 is 0 Å². The van der Waals surface area contributed by atoms with Crippen molar-refractivity contribution < 1.29 is 23.9 Å². The van der Waals surface area contributed by atoms with Crippen molar-refractivity contribution >= 4 is 23.4 Å². The normalized spacial score (nSPS) is 15.0. The van der Waals surface area contributed by atoms with E-state index in [2.05, 4.69) is 10.6 Å². The highest BCUT2D eigenvalue weighted by atomic mass is 16.5. The summed E-state index contributed by atoms with van der Waals surface area (Å²) in [4.78, 5) is 38.8. The highest BCUT2D eigenvalue weighted by Crippen LogP contribution is 2.29. The summed E-state index contributed by atoms with van der Waals surface area (Å²) in [6, 6.07) is 10.1. The van der Waals surface area contributed by atoms with Gasteiger partial charge in [0.1, 0.15) is 0 Å². The monoisotopic (exact) mass is 437 g/mol. The van der Waals surface area contributed by atoms with Gasteiger partial charge in [0, 0.05) is 36.4 Å². The molecule has 1 fully saturated rings. The third-order valence-electron chi connectivity index (χ3n) is 5.62. The van der Waals surface area contributed by atoms with E-state index in [1.54, 1.807) is 30.3 Å². The van der Waals surface area contributed by atoms with Gasteiger partial charge in [0.2, 0.25) is 0 Å². The molecule has 0 saturated carbocycles. The number of benzene rings is 2. The lowest BCUT2D eigenvalue weighted by molar-refractivity contribution is -0.134. The Morgan fingerprint density at radius 1 is 1.03 bits per heavy atom. The summed E-state index contributed by atoms with van der Waals surface area (Å²) in [5.74, 6) is 0.299. The molecule has 8 nitrogen and oxygen atoms in total. The fraction of sp³-hybridized carbons (Fsp3) is 0.375. The molecule has 2 aliphatic rings. The number of piperidine rings is 1. The van der Waals surface area contributed by atoms with E-state index in [0.717, 1.165) is 37.9 Å². The van der Waals surface area contributed by atoms with Crippen molar-refractivity contribution in [3.05, 3.63) is 53.1 Å². The summed E-state index contributed by atoms with van der Waals surface area (Å²) in [6.07, 6.45) is 3.20. The summed E-state index contributed by atoms with van der Waals surface area (Å²) in [5, 5.41) is 5.57. The Morgan fingerprint density at radius 2 is 1.84 bits per heavy atom. The van der Waals surface area contributed by atoms with Crippen molar-refractivity contribution in [3.63, 3.8) is 0 Å². The van der Waals surface area contributed by atoms with Gasteiger partial charge in [-0.15, -0.1) is 0 Å². The molecule has 2 N–H and O–H groups in total. The Morgan fingerprint density at radius 3 is 2.62 bits per heavy atom. The van der Waals surface area contributed by atoms with Crippen LogP contribution in [-0.2, 0) is 11.3 Å². The Hall–Kier alpha value is -3.55. The molecule has 0 unspecified atom stereocenters. The highest BCUT2D eigenvalue weighted by molar-refractivity contribution is 6.06. The number of amides is 3. The second-order valence-electron chi connectivity index (χ2n) is 7.83. The molecule has 1 saturated heterocycles. The van der Waals surface area contributed by atoms with Crippen molar-refractivity contribution in [3.8, 4) is 11.5 Å². The number of nitrogens with zero attached hydrogens (tertiary/aromatic N) is 1. The highest BCUT2D eigenvalue weighted by Gasteiger charge is 2.20. The largest absolute Gasteiger partial charge is 0.490 e. The first-order valence-electron chi connectivity index (χ1n) is 10.9. The maximum atomic E-state index is 12.8. The Kier molecular flexibility index (Phi) is 6.58. The summed E-state index contributed by atoms with van der Waals surface area (Å²) < 4.78 is 11.4. The predicted octanol–water partition coefficient (Wildman–Crippen LogP) is 2.97. The van der Waals surface area contributed by atoms with E-state index in [1.165, 1.54) is 0 Å². The minimum Gasteiger partial charge on any atom is -0.490 e. The standard InChI is InChI=1S/C24H27N3O5/c1-2-31-21-12-16(7-9-20(21)32-15-22(28)27-10-4-3-5-11-27)23(29)26-18-8-6-17-14-25-24(30)19(17)13-18/h6-9,12-13H,2-5,10-11,14-15H2,1H3,(H,25,30)(H,26,29). The van der Waals surface area contributed by atoms with Crippen LogP contribution in [0, 0.1) is 0 Å². The van der Waals surface area contributed by atoms with Gasteiger partial charge in [0.25, 0.3) is 17.7 Å². The summed E-state index contributed by atoms with van der Waals surface area (Å²) in [5.41, 5.74) is 2.40. The first-order chi connectivity index (χ1) is 15.5. The molecule has 2 heterocycles. The minimum absolute atomic E-state index is 0.0467. The van der Waals surface area contributed by atoms with Crippen LogP contribution in [0.1, 0.15) is 52.5 Å². The van der Waals surface area contributed by atoms with Gasteiger partial charge in [0.15, 0.2) is 18.1 Å². The maximum absolute atomic E-state index is 12.8. The fourth-order valence-electron chi connectivity index (χ4n) is 3.90. The van der Waals surface area contributed by atoms with Crippen LogP contribution in [-0.4, -0.2) is 48.9 Å². The predicted molar refractivity (Wildman–Crippen MR) is 119 cm³/mol. The van der Waals surface area contributed by atoms with Crippen LogP contribution in [0.5, 0.6) is 11.5 Å². The quantitative estimate of drug-likeness (QED) is 0.694. The zero-order chi connectivity index (χ0) is 22.5. The third-order valence-corrected chi connectivity index (χ3v) is 5.62. The van der Waals surface area contributed by atoms with Gasteiger partial charge in [-0.1, -0.05) is 6.07 Å². The molecule has 0 spiro atoms. The topological polar surface area (TPSA) is 97.0 Å². The van der Waals surface area contributed by atoms with Crippen LogP contribution in [0.2, 0.25) is 0 Å². The summed E-state index contributed by atoms with van der Waals surface area (Å²) in [7, 11) is 0. The number of hydrogen-bond donors (Lipinski definition) is 2. The number of carbonyl (C=O) groups excluding carboxylic acids is 3. The molecule has 2 aliphatic heterocycles. The molecular weight excluding hydrogens is 410 g/mol. The molecule has 2 aromatic rings. The lowest BCUT2D eigenvalue weighted by atomic mass is 10.1. The Balaban J connectivity index is 1.43. The zero-order valence-electron chi connectivity index (χ0n) is 18.1. The van der Waals surface area contributed by atoms with E-state index in [0.29, 0.717) is 41.5 Å². The first kappa shape index (κ1) is 21.7. The minimum atomic E-state index is -0.333. The average Bonchev–Trinajstić information content (AvgIpc) is 3.18. The molecule has 0 aromatic heterocycles. The van der Waals surface area contributed by atoms with Crippen LogP contribution < -0.4 is 20.1 Å². The van der Waals surface area contributed by atoms with Crippen LogP contribution in [0.15, 0.2) is 36.4 Å². The van der Waals surface area contributed by atoms with Gasteiger partial charge in [-0.2, -0.15) is 0 Å². The number of likely N-dealkylation sites (tertiary alicyclic amines) is 1. The van der Waals surface area contributed by atoms with E-state index in [-0.39, 0.29) is 24.3 Å². The smallest absolute Gasteiger partial charge is 0.260 e. The van der Waals surface area contributed by atoms with Crippen molar-refractivity contribution in [2.24, 2.45) is 0 Å². The van der Waals surface area contributed by atoms with Gasteiger partial charge in [-0.25, -0.2) is 0 Å². The molecule has 0 atom stereocenters. The van der Waals surface area contributed by atoms with Crippen LogP contribution in [0.25, 0.3) is 0 Å². The molecule has 168 valence electrons. The van der Waals surface area contributed by atoms with Crippen LogP contribution in [0.4, 0.5) is 5.69 Å². The van der Waals surface area contributed by atoms with E-state index < -0.39 is 0 Å². The summed E-state index contributed by atoms with van der Waals surface area (Å²) >= 11 is 0. The summed E-state index contributed by atoms with van der Waals surface area (Å²) in [6.45, 7) is 4.20. The molecule has 0 aliphatic carbocycles. The number of nitrogens with one attached hydrogen (secondary N) is 2. The second-order valence-corrected chi connectivity index (χ2v) is 7.83. The van der Waals surface area contributed by atoms with Gasteiger partial charge >= 0.3 is 0 Å². The van der Waals surface area contributed by atoms with Gasteiger partial charge < -0.3 is 25.0 Å². The van der Waals surface area contributed by atoms with E-state index in [9.17, 15) is 14.4 Å². The van der Waals surface area contributed by atoms with Crippen molar-refractivity contribution in [1.82, 2.24) is 10.2 Å². The van der Waals surface area contributed by atoms with Crippen molar-refractivity contribution in [2.45, 2.75) is 32.7 Å². The molecule has 8 heteroatoms. The molecule has 32 heavy (non-hydrogen) atoms. The van der Waals surface area contributed by atoms with Gasteiger partial charge in [0.05, 0.1) is 6.61 Å². The molecular formula is C24H27N3O5. The first-order valence-corrected chi connectivity index (χ1v) is 10.9. The second kappa shape index (κ2) is 9.72. The SMILES string of the molecule is CCOc1cc(C(=O)Nc2ccc3c(c2)C(=O)NC3)ccc1OCC(=O)N1CCCCC1. The number of anilines is 1. The molecule has 3 amide bonds. The van der Waals surface area contributed by atoms with E-state index >= 15 is 0 Å². The average molecular weight is 437 g/mol. The van der Waals surface area contributed by atoms with Crippen LogP contribution in [0.3, 0.4) is 0 Å². The lowest BCUT2D eigenvalue weighted by Gasteiger charge is -2.26. The zero-order valence-corrected chi connectivity index (χ0v) is 18.1. The van der Waals surface area contributed by atoms with Crippen molar-refractivity contribution in [2.75, 3.05) is 31.6 Å². The number of rotatable bonds is 7. The maximum Gasteiger partial charge on any atom is 0.260 e. The number of fused-ring (bicyclic) bond motifs is 1. The third kappa shape index (κ3) is 4.85. The number of carbonyl (C=O) groups is 3. The Bertz CT molecular complexity index is 1030. The Labute approximate surface area is 186 Å². The van der Waals surface area contributed by atoms with E-state index in [4.69, 9.17) is 9.47 Å². The number of ether oxygens (including phenoxy) is 2. The molecule has 0 radical (unpaired) electrons. The molecule has 2 aromatic carbocycles. The molecule has 0 bridgehead atoms. The lowest BCUT2D eigenvalue weighted by Crippen LogP contribution is -2.38. The fourth-order valence-corrected chi connectivity index (χ4v) is 3.90. The van der Waals surface area contributed by atoms with Gasteiger partial charge in [-0.05, 0) is 62.1 Å². The molecule has 4 rings (SSSR count). The van der Waals surface area contributed by atoms with Gasteiger partial charge in [-0.3, -0.25) is 14.4 Å². The number of hydrogen-bond acceptors (Lipinski definition) is 5. The van der Waals surface area contributed by atoms with Crippen molar-refractivity contribution in [1.29, 1.82) is 0 Å².